The summed E-state index contributed by atoms with van der Waals surface area (Å²) >= 11 is 5.77. The number of hydrogen-bond donors (Lipinski definition) is 1. The normalized spacial score (nSPS) is 23.8. The highest BCUT2D eigenvalue weighted by Gasteiger charge is 2.32. The van der Waals surface area contributed by atoms with Crippen molar-refractivity contribution in [3.05, 3.63) is 29.3 Å². The van der Waals surface area contributed by atoms with Crippen LogP contribution in [0.3, 0.4) is 0 Å². The quantitative estimate of drug-likeness (QED) is 0.913. The topological polar surface area (TPSA) is 63.2 Å². The second-order valence-corrected chi connectivity index (χ2v) is 8.72. The van der Waals surface area contributed by atoms with E-state index in [0.717, 1.165) is 19.3 Å². The minimum atomic E-state index is -3.69. The molecular weight excluding hydrogens is 322 g/mol. The van der Waals surface area contributed by atoms with Crippen LogP contribution in [-0.4, -0.2) is 25.6 Å². The van der Waals surface area contributed by atoms with E-state index in [1.54, 1.807) is 0 Å². The SMILES string of the molecule is CC1CCCCC1NC(=O)C(C)S(=O)(=O)c1ccc(Cl)cc1. The summed E-state index contributed by atoms with van der Waals surface area (Å²) in [6, 6.07) is 5.98. The Morgan fingerprint density at radius 1 is 1.23 bits per heavy atom. The van der Waals surface area contributed by atoms with Crippen molar-refractivity contribution in [1.82, 2.24) is 5.32 Å². The van der Waals surface area contributed by atoms with E-state index < -0.39 is 21.0 Å². The van der Waals surface area contributed by atoms with Gasteiger partial charge in [0.15, 0.2) is 9.84 Å². The number of nitrogens with one attached hydrogen (secondary N) is 1. The van der Waals surface area contributed by atoms with Gasteiger partial charge in [-0.3, -0.25) is 4.79 Å². The third-order valence-electron chi connectivity index (χ3n) is 4.42. The van der Waals surface area contributed by atoms with Crippen molar-refractivity contribution in [2.75, 3.05) is 0 Å². The van der Waals surface area contributed by atoms with E-state index in [2.05, 4.69) is 12.2 Å². The molecule has 0 spiro atoms. The predicted molar refractivity (Wildman–Crippen MR) is 87.7 cm³/mol. The maximum atomic E-state index is 12.5. The number of benzene rings is 1. The maximum Gasteiger partial charge on any atom is 0.238 e. The van der Waals surface area contributed by atoms with Crippen LogP contribution in [-0.2, 0) is 14.6 Å². The zero-order chi connectivity index (χ0) is 16.3. The van der Waals surface area contributed by atoms with Crippen molar-refractivity contribution in [2.45, 2.75) is 55.7 Å². The second-order valence-electron chi connectivity index (χ2n) is 6.02. The number of sulfone groups is 1. The molecule has 1 amide bonds. The molecule has 4 nitrogen and oxygen atoms in total. The Labute approximate surface area is 137 Å². The monoisotopic (exact) mass is 343 g/mol. The van der Waals surface area contributed by atoms with Crippen LogP contribution in [0.25, 0.3) is 0 Å². The van der Waals surface area contributed by atoms with Crippen molar-refractivity contribution in [2.24, 2.45) is 5.92 Å². The van der Waals surface area contributed by atoms with Gasteiger partial charge in [0.1, 0.15) is 5.25 Å². The first-order valence-corrected chi connectivity index (χ1v) is 9.54. The lowest BCUT2D eigenvalue weighted by molar-refractivity contribution is -0.121. The van der Waals surface area contributed by atoms with Gasteiger partial charge >= 0.3 is 0 Å². The average molecular weight is 344 g/mol. The third kappa shape index (κ3) is 3.82. The second kappa shape index (κ2) is 7.01. The number of hydrogen-bond acceptors (Lipinski definition) is 3. The summed E-state index contributed by atoms with van der Waals surface area (Å²) in [5.41, 5.74) is 0. The molecule has 0 bridgehead atoms. The first kappa shape index (κ1) is 17.3. The zero-order valence-electron chi connectivity index (χ0n) is 12.9. The van der Waals surface area contributed by atoms with Gasteiger partial charge in [-0.15, -0.1) is 0 Å². The molecule has 6 heteroatoms. The molecule has 0 saturated heterocycles. The molecule has 1 fully saturated rings. The first-order valence-electron chi connectivity index (χ1n) is 7.62. The lowest BCUT2D eigenvalue weighted by Crippen LogP contribution is -2.46. The molecule has 22 heavy (non-hydrogen) atoms. The summed E-state index contributed by atoms with van der Waals surface area (Å²) in [5.74, 6) is -0.0307. The summed E-state index contributed by atoms with van der Waals surface area (Å²) < 4.78 is 25.0. The molecule has 1 aliphatic rings. The fourth-order valence-corrected chi connectivity index (χ4v) is 4.20. The van der Waals surface area contributed by atoms with Crippen LogP contribution in [0, 0.1) is 5.92 Å². The van der Waals surface area contributed by atoms with Crippen LogP contribution in [0.2, 0.25) is 5.02 Å². The molecule has 1 aromatic rings. The molecule has 3 atom stereocenters. The maximum absolute atomic E-state index is 12.5. The molecule has 1 N–H and O–H groups in total. The van der Waals surface area contributed by atoms with E-state index in [4.69, 9.17) is 11.6 Å². The van der Waals surface area contributed by atoms with Gasteiger partial charge in [0, 0.05) is 11.1 Å². The van der Waals surface area contributed by atoms with Gasteiger partial charge in [0.25, 0.3) is 0 Å². The van der Waals surface area contributed by atoms with E-state index in [9.17, 15) is 13.2 Å². The van der Waals surface area contributed by atoms with E-state index in [1.807, 2.05) is 0 Å². The molecule has 1 saturated carbocycles. The van der Waals surface area contributed by atoms with E-state index in [-0.39, 0.29) is 10.9 Å². The summed E-state index contributed by atoms with van der Waals surface area (Å²) in [4.78, 5) is 12.4. The van der Waals surface area contributed by atoms with Crippen LogP contribution in [0.15, 0.2) is 29.2 Å². The minimum Gasteiger partial charge on any atom is -0.352 e. The Kier molecular flexibility index (Phi) is 5.50. The molecule has 1 aromatic carbocycles. The Morgan fingerprint density at radius 2 is 1.82 bits per heavy atom. The lowest BCUT2D eigenvalue weighted by atomic mass is 9.86. The number of carbonyl (C=O) groups is 1. The Hall–Kier alpha value is -1.07. The molecule has 3 unspecified atom stereocenters. The van der Waals surface area contributed by atoms with Crippen molar-refractivity contribution < 1.29 is 13.2 Å². The Bertz CT molecular complexity index is 627. The Morgan fingerprint density at radius 3 is 2.41 bits per heavy atom. The highest BCUT2D eigenvalue weighted by atomic mass is 35.5. The van der Waals surface area contributed by atoms with E-state index in [0.29, 0.717) is 10.9 Å². The van der Waals surface area contributed by atoms with Gasteiger partial charge in [0.2, 0.25) is 5.91 Å². The standard InChI is InChI=1S/C16H22ClNO3S/c1-11-5-3-4-6-15(11)18-16(19)12(2)22(20,21)14-9-7-13(17)8-10-14/h7-12,15H,3-6H2,1-2H3,(H,18,19). The number of halogens is 1. The highest BCUT2D eigenvalue weighted by Crippen LogP contribution is 2.24. The molecule has 0 radical (unpaired) electrons. The molecular formula is C16H22ClNO3S. The van der Waals surface area contributed by atoms with E-state index >= 15 is 0 Å². The highest BCUT2D eigenvalue weighted by molar-refractivity contribution is 7.92. The first-order chi connectivity index (χ1) is 10.3. The molecule has 0 aromatic heterocycles. The van der Waals surface area contributed by atoms with Crippen molar-refractivity contribution >= 4 is 27.3 Å². The van der Waals surface area contributed by atoms with Crippen molar-refractivity contribution in [3.63, 3.8) is 0 Å². The van der Waals surface area contributed by atoms with E-state index in [1.165, 1.54) is 37.6 Å². The number of rotatable bonds is 4. The number of amides is 1. The summed E-state index contributed by atoms with van der Waals surface area (Å²) in [7, 11) is -3.69. The molecule has 0 aliphatic heterocycles. The van der Waals surface area contributed by atoms with Crippen LogP contribution < -0.4 is 5.32 Å². The molecule has 0 heterocycles. The predicted octanol–water partition coefficient (Wildman–Crippen LogP) is 3.20. The average Bonchev–Trinajstić information content (AvgIpc) is 2.49. The van der Waals surface area contributed by atoms with Crippen LogP contribution in [0.1, 0.15) is 39.5 Å². The molecule has 2 rings (SSSR count). The summed E-state index contributed by atoms with van der Waals surface area (Å²) in [6.45, 7) is 3.54. The van der Waals surface area contributed by atoms with Gasteiger partial charge in [0.05, 0.1) is 4.90 Å². The van der Waals surface area contributed by atoms with Gasteiger partial charge < -0.3 is 5.32 Å². The van der Waals surface area contributed by atoms with Gasteiger partial charge in [-0.25, -0.2) is 8.42 Å². The fraction of sp³-hybridized carbons (Fsp3) is 0.562. The Balaban J connectivity index is 2.10. The fourth-order valence-electron chi connectivity index (χ4n) is 2.80. The van der Waals surface area contributed by atoms with Crippen LogP contribution >= 0.6 is 11.6 Å². The number of carbonyl (C=O) groups excluding carboxylic acids is 1. The summed E-state index contributed by atoms with van der Waals surface area (Å²) in [5, 5.41) is 2.27. The smallest absolute Gasteiger partial charge is 0.238 e. The summed E-state index contributed by atoms with van der Waals surface area (Å²) in [6.07, 6.45) is 4.24. The largest absolute Gasteiger partial charge is 0.352 e. The van der Waals surface area contributed by atoms with Gasteiger partial charge in [-0.05, 0) is 49.9 Å². The van der Waals surface area contributed by atoms with Crippen LogP contribution in [0.5, 0.6) is 0 Å². The third-order valence-corrected chi connectivity index (χ3v) is 6.74. The molecule has 122 valence electrons. The van der Waals surface area contributed by atoms with Crippen molar-refractivity contribution in [3.8, 4) is 0 Å². The van der Waals surface area contributed by atoms with Crippen molar-refractivity contribution in [1.29, 1.82) is 0 Å². The lowest BCUT2D eigenvalue weighted by Gasteiger charge is -2.30. The van der Waals surface area contributed by atoms with Crippen LogP contribution in [0.4, 0.5) is 0 Å². The molecule has 1 aliphatic carbocycles. The minimum absolute atomic E-state index is 0.0733. The zero-order valence-corrected chi connectivity index (χ0v) is 14.5. The van der Waals surface area contributed by atoms with Gasteiger partial charge in [-0.2, -0.15) is 0 Å². The van der Waals surface area contributed by atoms with Gasteiger partial charge in [-0.1, -0.05) is 31.4 Å².